The molecule has 1 heteroatoms. The van der Waals surface area contributed by atoms with E-state index in [0.717, 1.165) is 25.7 Å². The molecule has 0 amide bonds. The molecule has 0 aliphatic heterocycles. The number of ketones is 1. The molecule has 1 nitrogen and oxygen atoms in total. The van der Waals surface area contributed by atoms with Gasteiger partial charge in [0.25, 0.3) is 0 Å². The average molecular weight is 150 g/mol. The highest BCUT2D eigenvalue weighted by Gasteiger charge is 2.02. The number of hydrogen-bond acceptors (Lipinski definition) is 1. The molecule has 0 saturated heterocycles. The average Bonchev–Trinajstić information content (AvgIpc) is 2.04. The summed E-state index contributed by atoms with van der Waals surface area (Å²) in [6.45, 7) is 3.92. The van der Waals surface area contributed by atoms with Crippen molar-refractivity contribution >= 4 is 5.78 Å². The lowest BCUT2D eigenvalue weighted by atomic mass is 10.1. The van der Waals surface area contributed by atoms with E-state index < -0.39 is 0 Å². The van der Waals surface area contributed by atoms with Crippen LogP contribution in [0.15, 0.2) is 24.3 Å². The molecule has 0 atom stereocenters. The van der Waals surface area contributed by atoms with E-state index in [4.69, 9.17) is 0 Å². The van der Waals surface area contributed by atoms with Crippen molar-refractivity contribution in [2.24, 2.45) is 0 Å². The van der Waals surface area contributed by atoms with Gasteiger partial charge >= 0.3 is 0 Å². The molecule has 0 aromatic rings. The summed E-state index contributed by atoms with van der Waals surface area (Å²) in [7, 11) is 0. The maximum Gasteiger partial charge on any atom is 0.136 e. The van der Waals surface area contributed by atoms with Gasteiger partial charge in [-0.3, -0.25) is 4.79 Å². The fourth-order valence-corrected chi connectivity index (χ4v) is 1.20. The molecule has 0 heterocycles. The van der Waals surface area contributed by atoms with Crippen molar-refractivity contribution in [2.75, 3.05) is 0 Å². The molecule has 0 saturated carbocycles. The molecule has 11 heavy (non-hydrogen) atoms. The SMILES string of the molecule is C=C1C/C=C\CC(=O)CCC1. The fourth-order valence-electron chi connectivity index (χ4n) is 1.20. The molecule has 0 radical (unpaired) electrons. The number of hydrogen-bond donors (Lipinski definition) is 0. The highest BCUT2D eigenvalue weighted by Crippen LogP contribution is 2.13. The van der Waals surface area contributed by atoms with Gasteiger partial charge in [-0.25, -0.2) is 0 Å². The molecule has 0 unspecified atom stereocenters. The topological polar surface area (TPSA) is 17.1 Å². The van der Waals surface area contributed by atoms with Crippen LogP contribution >= 0.6 is 0 Å². The summed E-state index contributed by atoms with van der Waals surface area (Å²) in [5.74, 6) is 0.357. The third-order valence-electron chi connectivity index (χ3n) is 1.90. The first-order valence-corrected chi connectivity index (χ1v) is 4.12. The van der Waals surface area contributed by atoms with Crippen LogP contribution in [-0.2, 0) is 4.79 Å². The van der Waals surface area contributed by atoms with Crippen LogP contribution in [0.1, 0.15) is 32.1 Å². The Kier molecular flexibility index (Phi) is 3.09. The summed E-state index contributed by atoms with van der Waals surface area (Å²) in [5, 5.41) is 0. The molecule has 0 aromatic heterocycles. The lowest BCUT2D eigenvalue weighted by molar-refractivity contribution is -0.118. The number of allylic oxidation sites excluding steroid dienone is 3. The van der Waals surface area contributed by atoms with Gasteiger partial charge in [-0.15, -0.1) is 0 Å². The number of carbonyl (C=O) groups excluding carboxylic acids is 1. The molecule has 1 aliphatic rings. The second-order valence-corrected chi connectivity index (χ2v) is 3.02. The minimum atomic E-state index is 0.357. The molecule has 0 fully saturated rings. The molecular weight excluding hydrogens is 136 g/mol. The Bertz CT molecular complexity index is 169. The molecule has 0 aromatic carbocycles. The van der Waals surface area contributed by atoms with E-state index in [-0.39, 0.29) is 0 Å². The largest absolute Gasteiger partial charge is 0.299 e. The van der Waals surface area contributed by atoms with Gasteiger partial charge in [0.05, 0.1) is 0 Å². The molecule has 1 rings (SSSR count). The summed E-state index contributed by atoms with van der Waals surface area (Å²) in [4.78, 5) is 11.0. The Morgan fingerprint density at radius 3 is 2.73 bits per heavy atom. The summed E-state index contributed by atoms with van der Waals surface area (Å²) < 4.78 is 0. The second-order valence-electron chi connectivity index (χ2n) is 3.02. The van der Waals surface area contributed by atoms with Crippen molar-refractivity contribution < 1.29 is 4.79 Å². The first kappa shape index (κ1) is 8.25. The van der Waals surface area contributed by atoms with E-state index in [9.17, 15) is 4.79 Å². The first-order valence-electron chi connectivity index (χ1n) is 4.12. The van der Waals surface area contributed by atoms with Gasteiger partial charge in [0.15, 0.2) is 0 Å². The molecule has 1 aliphatic carbocycles. The highest BCUT2D eigenvalue weighted by molar-refractivity contribution is 5.79. The quantitative estimate of drug-likeness (QED) is 0.485. The number of rotatable bonds is 0. The minimum Gasteiger partial charge on any atom is -0.299 e. The maximum absolute atomic E-state index is 11.0. The predicted molar refractivity (Wildman–Crippen MR) is 46.4 cm³/mol. The van der Waals surface area contributed by atoms with Gasteiger partial charge in [-0.05, 0) is 19.3 Å². The Morgan fingerprint density at radius 2 is 1.91 bits per heavy atom. The van der Waals surface area contributed by atoms with Gasteiger partial charge in [0.2, 0.25) is 0 Å². The van der Waals surface area contributed by atoms with Crippen LogP contribution in [0, 0.1) is 0 Å². The van der Waals surface area contributed by atoms with Crippen LogP contribution in [0.5, 0.6) is 0 Å². The summed E-state index contributed by atoms with van der Waals surface area (Å²) in [6, 6.07) is 0. The van der Waals surface area contributed by atoms with E-state index in [1.807, 2.05) is 12.2 Å². The van der Waals surface area contributed by atoms with Crippen molar-refractivity contribution in [2.45, 2.75) is 32.1 Å². The summed E-state index contributed by atoms with van der Waals surface area (Å²) in [5.41, 5.74) is 1.25. The zero-order valence-electron chi connectivity index (χ0n) is 6.81. The smallest absolute Gasteiger partial charge is 0.136 e. The normalized spacial score (nSPS) is 23.6. The van der Waals surface area contributed by atoms with Crippen molar-refractivity contribution in [1.82, 2.24) is 0 Å². The van der Waals surface area contributed by atoms with Gasteiger partial charge in [-0.2, -0.15) is 0 Å². The number of Topliss-reactive ketones (excluding diaryl/α,β-unsaturated/α-hetero) is 1. The van der Waals surface area contributed by atoms with Crippen molar-refractivity contribution in [3.63, 3.8) is 0 Å². The molecule has 60 valence electrons. The van der Waals surface area contributed by atoms with Gasteiger partial charge in [0, 0.05) is 12.8 Å². The maximum atomic E-state index is 11.0. The monoisotopic (exact) mass is 150 g/mol. The van der Waals surface area contributed by atoms with Crippen LogP contribution in [0.25, 0.3) is 0 Å². The Balaban J connectivity index is 2.47. The van der Waals surface area contributed by atoms with E-state index in [1.165, 1.54) is 5.57 Å². The van der Waals surface area contributed by atoms with Crippen LogP contribution in [0.4, 0.5) is 0 Å². The van der Waals surface area contributed by atoms with Gasteiger partial charge in [-0.1, -0.05) is 24.3 Å². The number of carbonyl (C=O) groups is 1. The van der Waals surface area contributed by atoms with Crippen LogP contribution < -0.4 is 0 Å². The molecule has 0 N–H and O–H groups in total. The van der Waals surface area contributed by atoms with Crippen molar-refractivity contribution in [3.05, 3.63) is 24.3 Å². The van der Waals surface area contributed by atoms with Crippen molar-refractivity contribution in [3.8, 4) is 0 Å². The van der Waals surface area contributed by atoms with E-state index >= 15 is 0 Å². The Labute approximate surface area is 67.8 Å². The minimum absolute atomic E-state index is 0.357. The van der Waals surface area contributed by atoms with Crippen molar-refractivity contribution in [1.29, 1.82) is 0 Å². The lowest BCUT2D eigenvalue weighted by Crippen LogP contribution is -1.94. The molecule has 0 bridgehead atoms. The first-order chi connectivity index (χ1) is 5.29. The Hall–Kier alpha value is -0.850. The highest BCUT2D eigenvalue weighted by atomic mass is 16.1. The summed E-state index contributed by atoms with van der Waals surface area (Å²) >= 11 is 0. The zero-order valence-corrected chi connectivity index (χ0v) is 6.81. The standard InChI is InChI=1S/C10H14O/c1-9-5-2-3-7-10(11)8-4-6-9/h2-3H,1,4-8H2/b3-2-. The fraction of sp³-hybridized carbons (Fsp3) is 0.500. The molecular formula is C10H14O. The Morgan fingerprint density at radius 1 is 1.18 bits per heavy atom. The van der Waals surface area contributed by atoms with E-state index in [1.54, 1.807) is 0 Å². The third-order valence-corrected chi connectivity index (χ3v) is 1.90. The van der Waals surface area contributed by atoms with Crippen LogP contribution in [-0.4, -0.2) is 5.78 Å². The zero-order chi connectivity index (χ0) is 8.10. The lowest BCUT2D eigenvalue weighted by Gasteiger charge is -1.98. The molecule has 0 spiro atoms. The second kappa shape index (κ2) is 4.12. The van der Waals surface area contributed by atoms with Gasteiger partial charge < -0.3 is 0 Å². The summed E-state index contributed by atoms with van der Waals surface area (Å²) in [6.07, 6.45) is 8.30. The van der Waals surface area contributed by atoms with Crippen LogP contribution in [0.3, 0.4) is 0 Å². The van der Waals surface area contributed by atoms with Crippen LogP contribution in [0.2, 0.25) is 0 Å². The predicted octanol–water partition coefficient (Wildman–Crippen LogP) is 2.63. The van der Waals surface area contributed by atoms with E-state index in [0.29, 0.717) is 12.2 Å². The third kappa shape index (κ3) is 3.17. The van der Waals surface area contributed by atoms with E-state index in [2.05, 4.69) is 6.58 Å². The van der Waals surface area contributed by atoms with Gasteiger partial charge in [0.1, 0.15) is 5.78 Å².